The molecule has 0 unspecified atom stereocenters. The topological polar surface area (TPSA) is 52.6 Å². The molecule has 1 fully saturated rings. The zero-order chi connectivity index (χ0) is 23.4. The molecule has 1 heterocycles. The molecular formula is C26H26Cl2O4. The van der Waals surface area contributed by atoms with Crippen molar-refractivity contribution < 1.29 is 19.1 Å². The minimum Gasteiger partial charge on any atom is -0.427 e. The van der Waals surface area contributed by atoms with E-state index in [0.29, 0.717) is 21.5 Å². The summed E-state index contributed by atoms with van der Waals surface area (Å²) in [6, 6.07) is 11.4. The number of hydrogen-bond acceptors (Lipinski definition) is 4. The molecule has 0 N–H and O–H groups in total. The minimum absolute atomic E-state index is 0.214. The second kappa shape index (κ2) is 8.02. The summed E-state index contributed by atoms with van der Waals surface area (Å²) in [5.41, 5.74) is 1.87. The molecular weight excluding hydrogens is 447 g/mol. The number of ketones is 1. The van der Waals surface area contributed by atoms with Gasteiger partial charge >= 0.3 is 5.97 Å². The highest BCUT2D eigenvalue weighted by Gasteiger charge is 2.49. The van der Waals surface area contributed by atoms with Crippen molar-refractivity contribution in [2.24, 2.45) is 0 Å². The van der Waals surface area contributed by atoms with Gasteiger partial charge in [-0.2, -0.15) is 0 Å². The lowest BCUT2D eigenvalue weighted by Crippen LogP contribution is -2.50. The SMILES string of the molecule is CC(=O)OC1=C(c2cc(-c3ccc(Cl)cc3Cl)ccc2C2CC2)C(=O)C(C)(C)OC1(C)C. The second-order valence-corrected chi connectivity index (χ2v) is 10.3. The maximum atomic E-state index is 13.7. The molecule has 0 bridgehead atoms. The van der Waals surface area contributed by atoms with Crippen molar-refractivity contribution in [2.75, 3.05) is 0 Å². The summed E-state index contributed by atoms with van der Waals surface area (Å²) < 4.78 is 11.7. The number of esters is 1. The fraction of sp³-hybridized carbons (Fsp3) is 0.385. The number of benzene rings is 2. The monoisotopic (exact) mass is 472 g/mol. The average Bonchev–Trinajstić information content (AvgIpc) is 3.50. The lowest BCUT2D eigenvalue weighted by Gasteiger charge is -2.42. The van der Waals surface area contributed by atoms with E-state index < -0.39 is 17.2 Å². The van der Waals surface area contributed by atoms with Gasteiger partial charge in [-0.05, 0) is 81.3 Å². The van der Waals surface area contributed by atoms with Crippen LogP contribution in [-0.2, 0) is 19.1 Å². The van der Waals surface area contributed by atoms with Gasteiger partial charge in [0.15, 0.2) is 11.5 Å². The first-order chi connectivity index (χ1) is 14.9. The van der Waals surface area contributed by atoms with E-state index in [-0.39, 0.29) is 11.5 Å². The van der Waals surface area contributed by atoms with E-state index in [4.69, 9.17) is 32.7 Å². The van der Waals surface area contributed by atoms with Gasteiger partial charge in [-0.1, -0.05) is 41.4 Å². The second-order valence-electron chi connectivity index (χ2n) is 9.45. The molecule has 0 radical (unpaired) electrons. The Bertz CT molecular complexity index is 1160. The average molecular weight is 473 g/mol. The highest BCUT2D eigenvalue weighted by molar-refractivity contribution is 6.36. The van der Waals surface area contributed by atoms with E-state index in [1.54, 1.807) is 26.0 Å². The molecule has 0 spiro atoms. The van der Waals surface area contributed by atoms with Crippen molar-refractivity contribution in [3.8, 4) is 11.1 Å². The fourth-order valence-electron chi connectivity index (χ4n) is 4.41. The van der Waals surface area contributed by atoms with Crippen LogP contribution in [0.2, 0.25) is 10.0 Å². The Balaban J connectivity index is 2.00. The van der Waals surface area contributed by atoms with Crippen LogP contribution in [0.25, 0.3) is 16.7 Å². The maximum Gasteiger partial charge on any atom is 0.307 e. The minimum atomic E-state index is -1.07. The first kappa shape index (κ1) is 23.0. The summed E-state index contributed by atoms with van der Waals surface area (Å²) in [6.07, 6.45) is 2.11. The predicted molar refractivity (Wildman–Crippen MR) is 127 cm³/mol. The van der Waals surface area contributed by atoms with Crippen molar-refractivity contribution in [2.45, 2.75) is 64.6 Å². The van der Waals surface area contributed by atoms with Crippen LogP contribution in [0.4, 0.5) is 0 Å². The van der Waals surface area contributed by atoms with Crippen molar-refractivity contribution in [1.29, 1.82) is 0 Å². The van der Waals surface area contributed by atoms with Crippen molar-refractivity contribution in [3.05, 3.63) is 63.3 Å². The van der Waals surface area contributed by atoms with Crippen molar-refractivity contribution in [1.82, 2.24) is 0 Å². The Morgan fingerprint density at radius 1 is 1.00 bits per heavy atom. The number of carbonyl (C=O) groups excluding carboxylic acids is 2. The van der Waals surface area contributed by atoms with E-state index in [0.717, 1.165) is 35.1 Å². The molecule has 4 nitrogen and oxygen atoms in total. The largest absolute Gasteiger partial charge is 0.427 e. The maximum absolute atomic E-state index is 13.7. The summed E-state index contributed by atoms with van der Waals surface area (Å²) in [4.78, 5) is 25.7. The van der Waals surface area contributed by atoms with Crippen molar-refractivity contribution >= 4 is 40.5 Å². The van der Waals surface area contributed by atoms with E-state index in [9.17, 15) is 9.59 Å². The van der Waals surface area contributed by atoms with Gasteiger partial charge in [-0.15, -0.1) is 0 Å². The highest BCUT2D eigenvalue weighted by Crippen LogP contribution is 2.49. The van der Waals surface area contributed by atoms with Crippen LogP contribution in [-0.4, -0.2) is 23.0 Å². The number of carbonyl (C=O) groups is 2. The highest BCUT2D eigenvalue weighted by atomic mass is 35.5. The Kier molecular flexibility index (Phi) is 5.77. The molecule has 2 aromatic carbocycles. The molecule has 32 heavy (non-hydrogen) atoms. The van der Waals surface area contributed by atoms with Gasteiger partial charge in [0, 0.05) is 22.5 Å². The van der Waals surface area contributed by atoms with E-state index in [2.05, 4.69) is 0 Å². The third-order valence-corrected chi connectivity index (χ3v) is 6.43. The van der Waals surface area contributed by atoms with Crippen LogP contribution in [0.1, 0.15) is 64.5 Å². The molecule has 0 amide bonds. The Morgan fingerprint density at radius 3 is 2.28 bits per heavy atom. The lowest BCUT2D eigenvalue weighted by molar-refractivity contribution is -0.165. The molecule has 4 rings (SSSR count). The van der Waals surface area contributed by atoms with Gasteiger partial charge < -0.3 is 9.47 Å². The molecule has 2 aliphatic rings. The summed E-state index contributed by atoms with van der Waals surface area (Å²) >= 11 is 12.6. The van der Waals surface area contributed by atoms with Crippen LogP contribution < -0.4 is 0 Å². The lowest BCUT2D eigenvalue weighted by atomic mass is 9.80. The Hall–Kier alpha value is -2.14. The van der Waals surface area contributed by atoms with Crippen LogP contribution in [0.15, 0.2) is 42.2 Å². The van der Waals surface area contributed by atoms with Gasteiger partial charge in [0.1, 0.15) is 11.2 Å². The zero-order valence-corrected chi connectivity index (χ0v) is 20.4. The quantitative estimate of drug-likeness (QED) is 0.450. The summed E-state index contributed by atoms with van der Waals surface area (Å²) in [7, 11) is 0. The fourth-order valence-corrected chi connectivity index (χ4v) is 4.93. The van der Waals surface area contributed by atoms with Gasteiger partial charge in [0.05, 0.1) is 5.57 Å². The van der Waals surface area contributed by atoms with E-state index >= 15 is 0 Å². The number of Topliss-reactive ketones (excluding diaryl/α,β-unsaturated/α-hetero) is 1. The van der Waals surface area contributed by atoms with Gasteiger partial charge in [-0.25, -0.2) is 0 Å². The first-order valence-corrected chi connectivity index (χ1v) is 11.4. The van der Waals surface area contributed by atoms with Crippen LogP contribution in [0, 0.1) is 0 Å². The summed E-state index contributed by atoms with van der Waals surface area (Å²) in [5, 5.41) is 1.08. The van der Waals surface area contributed by atoms with Crippen LogP contribution in [0.5, 0.6) is 0 Å². The number of ether oxygens (including phenoxy) is 2. The predicted octanol–water partition coefficient (Wildman–Crippen LogP) is 6.97. The normalized spacial score (nSPS) is 19.8. The molecule has 0 atom stereocenters. The molecule has 1 saturated carbocycles. The molecule has 0 saturated heterocycles. The first-order valence-electron chi connectivity index (χ1n) is 10.7. The van der Waals surface area contributed by atoms with E-state index in [1.807, 2.05) is 38.1 Å². The molecule has 0 aromatic heterocycles. The smallest absolute Gasteiger partial charge is 0.307 e. The molecule has 168 valence electrons. The van der Waals surface area contributed by atoms with Gasteiger partial charge in [-0.3, -0.25) is 9.59 Å². The molecule has 1 aliphatic carbocycles. The van der Waals surface area contributed by atoms with Crippen LogP contribution in [0.3, 0.4) is 0 Å². The number of hydrogen-bond donors (Lipinski definition) is 0. The molecule has 1 aliphatic heterocycles. The van der Waals surface area contributed by atoms with Gasteiger partial charge in [0.2, 0.25) is 0 Å². The van der Waals surface area contributed by atoms with Gasteiger partial charge in [0.25, 0.3) is 0 Å². The standard InChI is InChI=1S/C26H26Cl2O4/c1-14(29)31-24-22(23(30)25(2,3)32-26(24,4)5)20-12-16(8-10-18(20)15-6-7-15)19-11-9-17(27)13-21(19)28/h8-13,15H,6-7H2,1-5H3. The molecule has 6 heteroatoms. The third-order valence-electron chi connectivity index (χ3n) is 5.89. The molecule has 2 aromatic rings. The van der Waals surface area contributed by atoms with Crippen molar-refractivity contribution in [3.63, 3.8) is 0 Å². The Labute approximate surface area is 198 Å². The third kappa shape index (κ3) is 4.24. The Morgan fingerprint density at radius 2 is 1.69 bits per heavy atom. The number of halogens is 2. The van der Waals surface area contributed by atoms with Crippen LogP contribution >= 0.6 is 23.2 Å². The van der Waals surface area contributed by atoms with E-state index in [1.165, 1.54) is 6.92 Å². The number of rotatable bonds is 4. The summed E-state index contributed by atoms with van der Waals surface area (Å²) in [6.45, 7) is 8.46. The summed E-state index contributed by atoms with van der Waals surface area (Å²) in [5.74, 6) is -0.0934. The zero-order valence-electron chi connectivity index (χ0n) is 18.8.